The molecule has 0 bridgehead atoms. The lowest BCUT2D eigenvalue weighted by Gasteiger charge is -2.27. The van der Waals surface area contributed by atoms with Crippen molar-refractivity contribution in [1.82, 2.24) is 9.62 Å². The van der Waals surface area contributed by atoms with Gasteiger partial charge < -0.3 is 5.32 Å². The number of sulfonamides is 1. The first-order valence-corrected chi connectivity index (χ1v) is 9.12. The second-order valence-corrected chi connectivity index (χ2v) is 8.27. The van der Waals surface area contributed by atoms with Gasteiger partial charge in [-0.25, -0.2) is 12.7 Å². The van der Waals surface area contributed by atoms with Gasteiger partial charge in [0.25, 0.3) is 0 Å². The summed E-state index contributed by atoms with van der Waals surface area (Å²) in [5.74, 6) is 0.821. The number of nitrogens with zero attached hydrogens (tertiary/aromatic N) is 1. The highest BCUT2D eigenvalue weighted by molar-refractivity contribution is 7.89. The van der Waals surface area contributed by atoms with Gasteiger partial charge in [-0.1, -0.05) is 26.0 Å². The normalized spacial score (nSPS) is 20.1. The Balaban J connectivity index is 2.08. The van der Waals surface area contributed by atoms with Crippen molar-refractivity contribution in [3.05, 3.63) is 29.8 Å². The molecule has 1 fully saturated rings. The predicted molar refractivity (Wildman–Crippen MR) is 85.9 cm³/mol. The number of hydrogen-bond acceptors (Lipinski definition) is 3. The third-order valence-electron chi connectivity index (χ3n) is 4.17. The second-order valence-electron chi connectivity index (χ2n) is 6.22. The summed E-state index contributed by atoms with van der Waals surface area (Å²) < 4.78 is 26.7. The highest BCUT2D eigenvalue weighted by Gasteiger charge is 2.24. The van der Waals surface area contributed by atoms with Crippen molar-refractivity contribution in [3.8, 4) is 0 Å². The molecule has 2 rings (SSSR count). The Kier molecular flexibility index (Phi) is 5.41. The van der Waals surface area contributed by atoms with Crippen molar-refractivity contribution >= 4 is 10.0 Å². The van der Waals surface area contributed by atoms with Crippen LogP contribution >= 0.6 is 0 Å². The van der Waals surface area contributed by atoms with E-state index in [9.17, 15) is 8.42 Å². The van der Waals surface area contributed by atoms with Gasteiger partial charge in [0.2, 0.25) is 10.0 Å². The molecule has 0 aromatic heterocycles. The molecule has 1 aliphatic heterocycles. The number of benzene rings is 1. The molecule has 4 nitrogen and oxygen atoms in total. The van der Waals surface area contributed by atoms with Crippen molar-refractivity contribution in [1.29, 1.82) is 0 Å². The molecule has 1 aromatic carbocycles. The smallest absolute Gasteiger partial charge is 0.242 e. The van der Waals surface area contributed by atoms with E-state index in [4.69, 9.17) is 0 Å². The van der Waals surface area contributed by atoms with E-state index >= 15 is 0 Å². The molecule has 1 saturated heterocycles. The van der Waals surface area contributed by atoms with Gasteiger partial charge >= 0.3 is 0 Å². The Morgan fingerprint density at radius 1 is 1.29 bits per heavy atom. The molecule has 0 saturated carbocycles. The van der Waals surface area contributed by atoms with Crippen LogP contribution < -0.4 is 5.32 Å². The molecular formula is C16H26N2O2S. The minimum absolute atomic E-state index is 0.387. The van der Waals surface area contributed by atoms with Crippen LogP contribution in [0.2, 0.25) is 0 Å². The molecule has 5 heteroatoms. The second kappa shape index (κ2) is 6.90. The van der Waals surface area contributed by atoms with Gasteiger partial charge in [0.15, 0.2) is 0 Å². The zero-order chi connectivity index (χ0) is 15.5. The molecule has 1 unspecified atom stereocenters. The van der Waals surface area contributed by atoms with Crippen molar-refractivity contribution in [3.63, 3.8) is 0 Å². The lowest BCUT2D eigenvalue weighted by molar-refractivity contribution is 0.315. The molecule has 1 N–H and O–H groups in total. The molecule has 1 atom stereocenters. The maximum atomic E-state index is 12.6. The molecule has 0 aliphatic carbocycles. The molecular weight excluding hydrogens is 284 g/mol. The van der Waals surface area contributed by atoms with Crippen LogP contribution in [-0.2, 0) is 10.0 Å². The fourth-order valence-electron chi connectivity index (χ4n) is 2.75. The zero-order valence-electron chi connectivity index (χ0n) is 13.2. The van der Waals surface area contributed by atoms with Gasteiger partial charge in [0, 0.05) is 13.6 Å². The summed E-state index contributed by atoms with van der Waals surface area (Å²) in [4.78, 5) is 0.387. The fourth-order valence-corrected chi connectivity index (χ4v) is 3.99. The van der Waals surface area contributed by atoms with Crippen LogP contribution in [0, 0.1) is 5.92 Å². The quantitative estimate of drug-likeness (QED) is 0.909. The lowest BCUT2D eigenvalue weighted by atomic mass is 10.00. The first-order chi connectivity index (χ1) is 9.91. The fraction of sp³-hybridized carbons (Fsp3) is 0.625. The first-order valence-electron chi connectivity index (χ1n) is 7.68. The lowest BCUT2D eigenvalue weighted by Crippen LogP contribution is -2.39. The van der Waals surface area contributed by atoms with E-state index in [1.165, 1.54) is 4.31 Å². The van der Waals surface area contributed by atoms with Crippen molar-refractivity contribution in [2.75, 3.05) is 26.7 Å². The average Bonchev–Trinajstić information content (AvgIpc) is 2.48. The molecule has 0 radical (unpaired) electrons. The van der Waals surface area contributed by atoms with Crippen LogP contribution in [0.3, 0.4) is 0 Å². The Morgan fingerprint density at radius 3 is 2.48 bits per heavy atom. The highest BCUT2D eigenvalue weighted by atomic mass is 32.2. The van der Waals surface area contributed by atoms with Crippen LogP contribution in [0.5, 0.6) is 0 Å². The first kappa shape index (κ1) is 16.5. The minimum Gasteiger partial charge on any atom is -0.316 e. The molecule has 0 amide bonds. The van der Waals surface area contributed by atoms with E-state index in [0.29, 0.717) is 23.3 Å². The van der Waals surface area contributed by atoms with E-state index in [1.54, 1.807) is 19.2 Å². The maximum Gasteiger partial charge on any atom is 0.242 e. The summed E-state index contributed by atoms with van der Waals surface area (Å²) in [7, 11) is -1.69. The van der Waals surface area contributed by atoms with Crippen LogP contribution in [0.25, 0.3) is 0 Å². The number of piperidine rings is 1. The van der Waals surface area contributed by atoms with Gasteiger partial charge in [-0.2, -0.15) is 0 Å². The molecule has 1 aliphatic rings. The highest BCUT2D eigenvalue weighted by Crippen LogP contribution is 2.21. The van der Waals surface area contributed by atoms with Crippen LogP contribution in [0.15, 0.2) is 29.2 Å². The van der Waals surface area contributed by atoms with Crippen LogP contribution in [0.4, 0.5) is 0 Å². The Hall–Kier alpha value is -0.910. The van der Waals surface area contributed by atoms with Crippen molar-refractivity contribution < 1.29 is 8.42 Å². The van der Waals surface area contributed by atoms with E-state index in [-0.39, 0.29) is 0 Å². The van der Waals surface area contributed by atoms with E-state index in [0.717, 1.165) is 31.5 Å². The topological polar surface area (TPSA) is 49.4 Å². The molecule has 0 spiro atoms. The Labute approximate surface area is 128 Å². The summed E-state index contributed by atoms with van der Waals surface area (Å²) in [6, 6.07) is 7.27. The summed E-state index contributed by atoms with van der Waals surface area (Å²) in [6.45, 7) is 6.74. The predicted octanol–water partition coefficient (Wildman–Crippen LogP) is 2.43. The minimum atomic E-state index is -3.38. The van der Waals surface area contributed by atoms with Crippen LogP contribution in [-0.4, -0.2) is 39.4 Å². The molecule has 1 aromatic rings. The number of rotatable bonds is 5. The monoisotopic (exact) mass is 310 g/mol. The van der Waals surface area contributed by atoms with Gasteiger partial charge in [-0.15, -0.1) is 0 Å². The summed E-state index contributed by atoms with van der Waals surface area (Å²) in [6.07, 6.45) is 2.22. The summed E-state index contributed by atoms with van der Waals surface area (Å²) >= 11 is 0. The third-order valence-corrected chi connectivity index (χ3v) is 6.01. The van der Waals surface area contributed by atoms with Gasteiger partial charge in [-0.05, 0) is 55.5 Å². The largest absolute Gasteiger partial charge is 0.316 e. The maximum absolute atomic E-state index is 12.6. The Morgan fingerprint density at radius 2 is 1.95 bits per heavy atom. The van der Waals surface area contributed by atoms with Crippen molar-refractivity contribution in [2.24, 2.45) is 5.92 Å². The molecule has 118 valence electrons. The number of hydrogen-bond donors (Lipinski definition) is 1. The zero-order valence-corrected chi connectivity index (χ0v) is 14.0. The van der Waals surface area contributed by atoms with Gasteiger partial charge in [0.05, 0.1) is 4.90 Å². The SMILES string of the molecule is CC(C)c1ccc(S(=O)(=O)N(C)CC2CCCNC2)cc1. The van der Waals surface area contributed by atoms with Crippen molar-refractivity contribution in [2.45, 2.75) is 37.5 Å². The average molecular weight is 310 g/mol. The third kappa shape index (κ3) is 4.05. The standard InChI is InChI=1S/C16H26N2O2S/c1-13(2)15-6-8-16(9-7-15)21(19,20)18(3)12-14-5-4-10-17-11-14/h6-9,13-14,17H,4-5,10-12H2,1-3H3. The Bertz CT molecular complexity index is 546. The number of nitrogens with one attached hydrogen (secondary N) is 1. The van der Waals surface area contributed by atoms with Gasteiger partial charge in [0.1, 0.15) is 0 Å². The summed E-state index contributed by atoms with van der Waals surface area (Å²) in [5.41, 5.74) is 1.16. The molecule has 1 heterocycles. The van der Waals surface area contributed by atoms with E-state index in [2.05, 4.69) is 19.2 Å². The summed E-state index contributed by atoms with van der Waals surface area (Å²) in [5, 5.41) is 3.33. The van der Waals surface area contributed by atoms with E-state index < -0.39 is 10.0 Å². The van der Waals surface area contributed by atoms with Gasteiger partial charge in [-0.3, -0.25) is 0 Å². The molecule has 21 heavy (non-hydrogen) atoms. The van der Waals surface area contributed by atoms with E-state index in [1.807, 2.05) is 12.1 Å². The van der Waals surface area contributed by atoms with Crippen LogP contribution in [0.1, 0.15) is 38.2 Å².